The van der Waals surface area contributed by atoms with E-state index in [1.54, 1.807) is 6.07 Å². The molecule has 1 aliphatic heterocycles. The number of benzene rings is 2. The highest BCUT2D eigenvalue weighted by atomic mass is 19.4. The second-order valence-electron chi connectivity index (χ2n) is 8.56. The van der Waals surface area contributed by atoms with E-state index < -0.39 is 51.8 Å². The second-order valence-corrected chi connectivity index (χ2v) is 8.56. The lowest BCUT2D eigenvalue weighted by molar-refractivity contribution is -0.273. The Kier molecular flexibility index (Phi) is 7.55. The SMILES string of the molecule is [B]c1c([B])c(-c2c([B])c([B])c3c(c2[B])C(=O)N(Cc2ncccn2)C([B])([B])CO3)c([B])c([B])c1OC(F)(F)F. The fourth-order valence-corrected chi connectivity index (χ4v) is 4.08. The molecular weight excluding hydrogens is 497 g/mol. The molecule has 0 aliphatic carbocycles. The fourth-order valence-electron chi connectivity index (χ4n) is 4.08. The number of halogens is 3. The van der Waals surface area contributed by atoms with Crippen LogP contribution in [0.2, 0.25) is 0 Å². The highest BCUT2D eigenvalue weighted by Gasteiger charge is 2.39. The van der Waals surface area contributed by atoms with Gasteiger partial charge in [-0.25, -0.2) is 9.97 Å². The molecule has 1 aromatic heterocycles. The van der Waals surface area contributed by atoms with Gasteiger partial charge in [0, 0.05) is 17.7 Å². The number of hydrogen-bond acceptors (Lipinski definition) is 5. The molecule has 0 unspecified atom stereocenters. The summed E-state index contributed by atoms with van der Waals surface area (Å²) in [4.78, 5) is 23.0. The van der Waals surface area contributed by atoms with Gasteiger partial charge in [-0.3, -0.25) is 4.79 Å². The smallest absolute Gasteiger partial charge is 0.493 e. The Labute approximate surface area is 234 Å². The Hall–Kier alpha value is -3.04. The van der Waals surface area contributed by atoms with Crippen molar-refractivity contribution in [2.45, 2.75) is 18.2 Å². The Balaban J connectivity index is 1.97. The Bertz CT molecular complexity index is 1460. The number of rotatable bonds is 4. The molecule has 172 valence electrons. The summed E-state index contributed by atoms with van der Waals surface area (Å²) in [6, 6.07) is 1.56. The Morgan fingerprint density at radius 2 is 1.36 bits per heavy atom. The van der Waals surface area contributed by atoms with Gasteiger partial charge in [-0.05, 0) is 17.2 Å². The first-order valence-corrected chi connectivity index (χ1v) is 10.9. The molecule has 39 heavy (non-hydrogen) atoms. The van der Waals surface area contributed by atoms with E-state index >= 15 is 0 Å². The molecule has 0 atom stereocenters. The second kappa shape index (κ2) is 10.2. The molecule has 2 aromatic carbocycles. The van der Waals surface area contributed by atoms with Crippen molar-refractivity contribution in [1.29, 1.82) is 0 Å². The van der Waals surface area contributed by atoms with E-state index in [1.165, 1.54) is 12.4 Å². The topological polar surface area (TPSA) is 64.6 Å². The molecular formula is C21H7B9F3N3O3. The van der Waals surface area contributed by atoms with Crippen LogP contribution in [0.4, 0.5) is 13.2 Å². The molecule has 0 bridgehead atoms. The zero-order valence-electron chi connectivity index (χ0n) is 20.0. The standard InChI is InChI=1S/C21H7B9F3N3O3/c22-10-7(8-12(24)15(27)18(16(28)13(8)25)39-21(31,32)33)11(23)14(26)17-9(10)19(37)36(20(29,30)5-38-17)4-6-34-2-1-3-35-6/h1-3H,4-5H2. The lowest BCUT2D eigenvalue weighted by Gasteiger charge is -2.37. The zero-order valence-corrected chi connectivity index (χ0v) is 20.0. The van der Waals surface area contributed by atoms with Crippen LogP contribution in [-0.2, 0) is 6.54 Å². The average Bonchev–Trinajstić information content (AvgIpc) is 2.96. The molecule has 4 rings (SSSR count). The number of nitrogens with zero attached hydrogens (tertiary/aromatic N) is 3. The van der Waals surface area contributed by atoms with Gasteiger partial charge in [0.15, 0.2) is 0 Å². The summed E-state index contributed by atoms with van der Waals surface area (Å²) < 4.78 is 48.4. The van der Waals surface area contributed by atoms with Gasteiger partial charge < -0.3 is 14.4 Å². The highest BCUT2D eigenvalue weighted by Crippen LogP contribution is 2.28. The van der Waals surface area contributed by atoms with Gasteiger partial charge in [-0.2, -0.15) is 0 Å². The lowest BCUT2D eigenvalue weighted by Crippen LogP contribution is -2.55. The van der Waals surface area contributed by atoms with E-state index in [1.807, 2.05) is 0 Å². The minimum atomic E-state index is -5.16. The predicted octanol–water partition coefficient (Wildman–Crippen LogP) is -5.38. The first-order valence-electron chi connectivity index (χ1n) is 10.9. The largest absolute Gasteiger partial charge is 0.573 e. The van der Waals surface area contributed by atoms with Crippen molar-refractivity contribution >= 4 is 115 Å². The Morgan fingerprint density at radius 1 is 0.846 bits per heavy atom. The molecule has 0 fully saturated rings. The first-order chi connectivity index (χ1) is 18.1. The maximum Gasteiger partial charge on any atom is 0.573 e. The number of aromatic nitrogens is 2. The molecule has 0 spiro atoms. The van der Waals surface area contributed by atoms with Gasteiger partial charge in [-0.15, -0.1) is 13.2 Å². The van der Waals surface area contributed by atoms with Crippen molar-refractivity contribution in [3.05, 3.63) is 29.8 Å². The number of alkyl halides is 3. The molecule has 0 saturated carbocycles. The predicted molar refractivity (Wildman–Crippen MR) is 148 cm³/mol. The number of fused-ring (bicyclic) bond motifs is 1. The third kappa shape index (κ3) is 5.14. The van der Waals surface area contributed by atoms with Gasteiger partial charge in [-0.1, -0.05) is 38.2 Å². The molecule has 6 nitrogen and oxygen atoms in total. The molecule has 0 saturated heterocycles. The summed E-state index contributed by atoms with van der Waals surface area (Å²) in [5, 5.41) is -1.90. The van der Waals surface area contributed by atoms with Gasteiger partial charge in [0.05, 0.1) is 34.4 Å². The van der Waals surface area contributed by atoms with Gasteiger partial charge in [0.1, 0.15) is 72.2 Å². The molecule has 1 amide bonds. The average molecular weight is 504 g/mol. The lowest BCUT2D eigenvalue weighted by atomic mass is 9.60. The summed E-state index contributed by atoms with van der Waals surface area (Å²) in [5.41, 5.74) is -4.30. The Morgan fingerprint density at radius 3 is 1.90 bits per heavy atom. The third-order valence-electron chi connectivity index (χ3n) is 5.97. The van der Waals surface area contributed by atoms with Crippen molar-refractivity contribution in [1.82, 2.24) is 14.9 Å². The number of carbonyl (C=O) groups is 1. The van der Waals surface area contributed by atoms with Crippen molar-refractivity contribution in [3.8, 4) is 22.6 Å². The van der Waals surface area contributed by atoms with Crippen LogP contribution in [0.15, 0.2) is 18.5 Å². The van der Waals surface area contributed by atoms with Crippen LogP contribution < -0.4 is 47.7 Å². The van der Waals surface area contributed by atoms with E-state index in [9.17, 15) is 18.0 Å². The summed E-state index contributed by atoms with van der Waals surface area (Å²) in [6.45, 7) is -0.711. The van der Waals surface area contributed by atoms with Crippen molar-refractivity contribution < 1.29 is 27.4 Å². The summed E-state index contributed by atoms with van der Waals surface area (Å²) in [5.74, 6) is -1.94. The molecule has 18 heteroatoms. The number of hydrogen-bond donors (Lipinski definition) is 0. The van der Waals surface area contributed by atoms with Crippen molar-refractivity contribution in [3.63, 3.8) is 0 Å². The monoisotopic (exact) mass is 505 g/mol. The van der Waals surface area contributed by atoms with E-state index in [0.29, 0.717) is 0 Å². The minimum Gasteiger partial charge on any atom is -0.493 e. The molecule has 3 aromatic rings. The zero-order chi connectivity index (χ0) is 29.0. The number of carbonyl (C=O) groups excluding carboxylic acids is 1. The van der Waals surface area contributed by atoms with E-state index in [4.69, 9.17) is 75.4 Å². The van der Waals surface area contributed by atoms with Crippen LogP contribution in [0.1, 0.15) is 16.2 Å². The first kappa shape index (κ1) is 29.0. The summed E-state index contributed by atoms with van der Waals surface area (Å²) in [6.07, 6.45) is -2.27. The van der Waals surface area contributed by atoms with E-state index in [-0.39, 0.29) is 51.2 Å². The number of amides is 1. The quantitative estimate of drug-likeness (QED) is 0.333. The van der Waals surface area contributed by atoms with Gasteiger partial charge in [0.25, 0.3) is 5.91 Å². The highest BCUT2D eigenvalue weighted by molar-refractivity contribution is 6.64. The molecule has 18 radical (unpaired) electrons. The van der Waals surface area contributed by atoms with E-state index in [0.717, 1.165) is 4.90 Å². The normalized spacial score (nSPS) is 14.8. The maximum absolute atomic E-state index is 13.8. The van der Waals surface area contributed by atoms with Crippen LogP contribution in [0.5, 0.6) is 11.5 Å². The van der Waals surface area contributed by atoms with Crippen LogP contribution in [0.3, 0.4) is 0 Å². The van der Waals surface area contributed by atoms with Crippen LogP contribution >= 0.6 is 0 Å². The van der Waals surface area contributed by atoms with Crippen LogP contribution in [0, 0.1) is 0 Å². The van der Waals surface area contributed by atoms with Crippen LogP contribution in [0.25, 0.3) is 11.1 Å². The van der Waals surface area contributed by atoms with Crippen molar-refractivity contribution in [2.75, 3.05) is 6.61 Å². The van der Waals surface area contributed by atoms with Gasteiger partial charge in [0.2, 0.25) is 0 Å². The van der Waals surface area contributed by atoms with Crippen LogP contribution in [-0.4, -0.2) is 110 Å². The van der Waals surface area contributed by atoms with E-state index in [2.05, 4.69) is 14.7 Å². The molecule has 0 N–H and O–H groups in total. The summed E-state index contributed by atoms with van der Waals surface area (Å²) in [7, 11) is 55.0. The molecule has 1 aliphatic rings. The number of ether oxygens (including phenoxy) is 2. The molecule has 2 heterocycles. The van der Waals surface area contributed by atoms with Gasteiger partial charge >= 0.3 is 6.36 Å². The fraction of sp³-hybridized carbons (Fsp3) is 0.190. The minimum absolute atomic E-state index is 0.186. The maximum atomic E-state index is 13.8. The van der Waals surface area contributed by atoms with Crippen molar-refractivity contribution in [2.24, 2.45) is 0 Å². The summed E-state index contributed by atoms with van der Waals surface area (Å²) >= 11 is 0. The third-order valence-corrected chi connectivity index (χ3v) is 5.97.